The van der Waals surface area contributed by atoms with Gasteiger partial charge in [0, 0.05) is 32.1 Å². The van der Waals surface area contributed by atoms with E-state index in [-0.39, 0.29) is 23.4 Å². The smallest absolute Gasteiger partial charge is 0.323 e. The molecule has 2 heterocycles. The van der Waals surface area contributed by atoms with Crippen LogP contribution in [0.1, 0.15) is 18.4 Å². The van der Waals surface area contributed by atoms with Gasteiger partial charge in [-0.1, -0.05) is 6.07 Å². The second kappa shape index (κ2) is 5.81. The van der Waals surface area contributed by atoms with Crippen LogP contribution in [0.3, 0.4) is 0 Å². The molecule has 7 nitrogen and oxygen atoms in total. The van der Waals surface area contributed by atoms with Gasteiger partial charge in [0.15, 0.2) is 0 Å². The van der Waals surface area contributed by atoms with E-state index in [1.807, 2.05) is 28.0 Å². The van der Waals surface area contributed by atoms with Crippen LogP contribution < -0.4 is 5.69 Å². The first-order chi connectivity index (χ1) is 11.6. The molecule has 2 aliphatic rings. The number of amides is 2. The molecule has 1 saturated carbocycles. The van der Waals surface area contributed by atoms with Crippen LogP contribution in [0.2, 0.25) is 0 Å². The maximum absolute atomic E-state index is 12.5. The molecule has 1 aromatic carbocycles. The number of aromatic amines is 2. The van der Waals surface area contributed by atoms with E-state index in [1.54, 1.807) is 0 Å². The normalized spacial score (nSPS) is 18.2. The van der Waals surface area contributed by atoms with Crippen molar-refractivity contribution < 1.29 is 9.59 Å². The number of carbonyl (C=O) groups excluding carboxylic acids is 2. The van der Waals surface area contributed by atoms with Crippen molar-refractivity contribution in [1.29, 1.82) is 0 Å². The summed E-state index contributed by atoms with van der Waals surface area (Å²) in [5.41, 5.74) is 2.08. The Morgan fingerprint density at radius 1 is 1.00 bits per heavy atom. The number of nitrogens with one attached hydrogen (secondary N) is 2. The lowest BCUT2D eigenvalue weighted by atomic mass is 10.1. The second-order valence-corrected chi connectivity index (χ2v) is 6.62. The molecule has 2 fully saturated rings. The molecule has 1 saturated heterocycles. The van der Waals surface area contributed by atoms with Crippen molar-refractivity contribution >= 4 is 22.8 Å². The number of fused-ring (bicyclic) bond motifs is 1. The van der Waals surface area contributed by atoms with Crippen LogP contribution >= 0.6 is 0 Å². The number of H-pyrrole nitrogens is 2. The number of rotatable bonds is 3. The average molecular weight is 328 g/mol. The second-order valence-electron chi connectivity index (χ2n) is 6.62. The molecular weight excluding hydrogens is 308 g/mol. The summed E-state index contributed by atoms with van der Waals surface area (Å²) >= 11 is 0. The molecule has 1 aliphatic heterocycles. The van der Waals surface area contributed by atoms with Crippen molar-refractivity contribution in [3.8, 4) is 0 Å². The van der Waals surface area contributed by atoms with E-state index in [2.05, 4.69) is 9.97 Å². The molecule has 0 atom stereocenters. The van der Waals surface area contributed by atoms with Gasteiger partial charge < -0.3 is 19.8 Å². The molecule has 4 rings (SSSR count). The van der Waals surface area contributed by atoms with Gasteiger partial charge in [-0.2, -0.15) is 0 Å². The number of imidazole rings is 1. The fraction of sp³-hybridized carbons (Fsp3) is 0.471. The Morgan fingerprint density at radius 3 is 2.38 bits per heavy atom. The lowest BCUT2D eigenvalue weighted by molar-refractivity contribution is -0.140. The van der Waals surface area contributed by atoms with Crippen LogP contribution in [0.4, 0.5) is 0 Å². The van der Waals surface area contributed by atoms with E-state index >= 15 is 0 Å². The van der Waals surface area contributed by atoms with Crippen LogP contribution in [0.15, 0.2) is 23.0 Å². The first-order valence-corrected chi connectivity index (χ1v) is 8.37. The molecular formula is C17H20N4O3. The lowest BCUT2D eigenvalue weighted by Gasteiger charge is -2.35. The van der Waals surface area contributed by atoms with E-state index in [0.29, 0.717) is 38.1 Å². The zero-order valence-electron chi connectivity index (χ0n) is 13.4. The van der Waals surface area contributed by atoms with Gasteiger partial charge in [0.1, 0.15) is 0 Å². The summed E-state index contributed by atoms with van der Waals surface area (Å²) in [6.45, 7) is 2.46. The van der Waals surface area contributed by atoms with E-state index in [0.717, 1.165) is 23.9 Å². The fourth-order valence-electron chi connectivity index (χ4n) is 3.24. The summed E-state index contributed by atoms with van der Waals surface area (Å²) in [6.07, 6.45) is 2.34. The molecule has 126 valence electrons. The van der Waals surface area contributed by atoms with E-state index in [1.165, 1.54) is 0 Å². The summed E-state index contributed by atoms with van der Waals surface area (Å²) in [6, 6.07) is 5.50. The third kappa shape index (κ3) is 2.93. The lowest BCUT2D eigenvalue weighted by Crippen LogP contribution is -2.51. The first kappa shape index (κ1) is 15.0. The van der Waals surface area contributed by atoms with Gasteiger partial charge in [-0.05, 0) is 30.5 Å². The van der Waals surface area contributed by atoms with Crippen molar-refractivity contribution in [2.24, 2.45) is 5.92 Å². The SMILES string of the molecule is O=C(Cc1ccc2[nH]c(=O)[nH]c2c1)N1CCN(C(=O)C2CC2)CC1. The Hall–Kier alpha value is -2.57. The molecule has 24 heavy (non-hydrogen) atoms. The van der Waals surface area contributed by atoms with Crippen LogP contribution in [0, 0.1) is 5.92 Å². The zero-order valence-corrected chi connectivity index (χ0v) is 13.4. The molecule has 0 unspecified atom stereocenters. The minimum absolute atomic E-state index is 0.0609. The number of hydrogen-bond acceptors (Lipinski definition) is 3. The predicted molar refractivity (Wildman–Crippen MR) is 88.5 cm³/mol. The Kier molecular flexibility index (Phi) is 3.63. The summed E-state index contributed by atoms with van der Waals surface area (Å²) in [5, 5.41) is 0. The van der Waals surface area contributed by atoms with Gasteiger partial charge in [0.05, 0.1) is 17.5 Å². The quantitative estimate of drug-likeness (QED) is 0.859. The third-order valence-electron chi connectivity index (χ3n) is 4.81. The van der Waals surface area contributed by atoms with Crippen molar-refractivity contribution in [2.45, 2.75) is 19.3 Å². The standard InChI is InChI=1S/C17H20N4O3/c22-15(10-11-1-4-13-14(9-11)19-17(24)18-13)20-5-7-21(8-6-20)16(23)12-2-3-12/h1,4,9,12H,2-3,5-8,10H2,(H2,18,19,24). The number of carbonyl (C=O) groups is 2. The highest BCUT2D eigenvalue weighted by Gasteiger charge is 2.35. The topological polar surface area (TPSA) is 89.3 Å². The highest BCUT2D eigenvalue weighted by Crippen LogP contribution is 2.31. The summed E-state index contributed by atoms with van der Waals surface area (Å²) < 4.78 is 0. The van der Waals surface area contributed by atoms with Crippen molar-refractivity contribution in [1.82, 2.24) is 19.8 Å². The van der Waals surface area contributed by atoms with Gasteiger partial charge in [0.25, 0.3) is 0 Å². The average Bonchev–Trinajstić information content (AvgIpc) is 3.36. The highest BCUT2D eigenvalue weighted by molar-refractivity contribution is 5.83. The maximum Gasteiger partial charge on any atom is 0.323 e. The first-order valence-electron chi connectivity index (χ1n) is 8.37. The van der Waals surface area contributed by atoms with Gasteiger partial charge in [-0.25, -0.2) is 4.79 Å². The highest BCUT2D eigenvalue weighted by atomic mass is 16.2. The Morgan fingerprint density at radius 2 is 1.67 bits per heavy atom. The third-order valence-corrected chi connectivity index (χ3v) is 4.81. The molecule has 1 aliphatic carbocycles. The number of piperazine rings is 1. The number of aromatic nitrogens is 2. The molecule has 0 radical (unpaired) electrons. The molecule has 2 N–H and O–H groups in total. The Balaban J connectivity index is 1.37. The maximum atomic E-state index is 12.5. The fourth-order valence-corrected chi connectivity index (χ4v) is 3.24. The van der Waals surface area contributed by atoms with Gasteiger partial charge in [-0.15, -0.1) is 0 Å². The number of benzene rings is 1. The summed E-state index contributed by atoms with van der Waals surface area (Å²) in [7, 11) is 0. The van der Waals surface area contributed by atoms with Crippen LogP contribution in [-0.4, -0.2) is 57.8 Å². The van der Waals surface area contributed by atoms with Crippen molar-refractivity contribution in [3.63, 3.8) is 0 Å². The molecule has 2 amide bonds. The molecule has 0 bridgehead atoms. The summed E-state index contributed by atoms with van der Waals surface area (Å²) in [4.78, 5) is 44.9. The minimum atomic E-state index is -0.245. The van der Waals surface area contributed by atoms with Gasteiger partial charge in [-0.3, -0.25) is 9.59 Å². The largest absolute Gasteiger partial charge is 0.339 e. The van der Waals surface area contributed by atoms with Crippen LogP contribution in [-0.2, 0) is 16.0 Å². The predicted octanol–water partition coefficient (Wildman–Crippen LogP) is 0.479. The van der Waals surface area contributed by atoms with Gasteiger partial charge in [0.2, 0.25) is 11.8 Å². The van der Waals surface area contributed by atoms with E-state index in [4.69, 9.17) is 0 Å². The number of hydrogen-bond donors (Lipinski definition) is 2. The summed E-state index contributed by atoms with van der Waals surface area (Å²) in [5.74, 6) is 0.553. The zero-order chi connectivity index (χ0) is 16.7. The van der Waals surface area contributed by atoms with Gasteiger partial charge >= 0.3 is 5.69 Å². The van der Waals surface area contributed by atoms with Crippen molar-refractivity contribution in [2.75, 3.05) is 26.2 Å². The van der Waals surface area contributed by atoms with E-state index in [9.17, 15) is 14.4 Å². The molecule has 7 heteroatoms. The molecule has 0 spiro atoms. The van der Waals surface area contributed by atoms with Crippen LogP contribution in [0.5, 0.6) is 0 Å². The Labute approximate surface area is 138 Å². The minimum Gasteiger partial charge on any atom is -0.339 e. The molecule has 1 aromatic heterocycles. The number of nitrogens with zero attached hydrogens (tertiary/aromatic N) is 2. The van der Waals surface area contributed by atoms with Crippen LogP contribution in [0.25, 0.3) is 11.0 Å². The van der Waals surface area contributed by atoms with E-state index < -0.39 is 0 Å². The molecule has 2 aromatic rings. The Bertz CT molecular complexity index is 841. The monoisotopic (exact) mass is 328 g/mol. The van der Waals surface area contributed by atoms with Crippen molar-refractivity contribution in [3.05, 3.63) is 34.2 Å².